The van der Waals surface area contributed by atoms with Crippen LogP contribution in [0.1, 0.15) is 335 Å². The molecule has 0 radical (unpaired) electrons. The molecule has 1 fully saturated rings. The van der Waals surface area contributed by atoms with E-state index in [9.17, 15) is 30.3 Å². The van der Waals surface area contributed by atoms with E-state index in [2.05, 4.69) is 19.2 Å². The number of hydrogen-bond acceptors (Lipinski definition) is 8. The van der Waals surface area contributed by atoms with Gasteiger partial charge in [-0.25, -0.2) is 0 Å². The summed E-state index contributed by atoms with van der Waals surface area (Å²) in [5, 5.41) is 54.8. The van der Waals surface area contributed by atoms with Crippen LogP contribution in [0.25, 0.3) is 0 Å². The highest BCUT2D eigenvalue weighted by molar-refractivity contribution is 5.76. The molecular formula is C62H123NO8. The van der Waals surface area contributed by atoms with Crippen molar-refractivity contribution in [2.24, 2.45) is 0 Å². The molecule has 0 aliphatic carbocycles. The van der Waals surface area contributed by atoms with Crippen LogP contribution in [0, 0.1) is 0 Å². The van der Waals surface area contributed by atoms with Gasteiger partial charge in [0.05, 0.1) is 25.4 Å². The smallest absolute Gasteiger partial charge is 0.220 e. The number of aliphatic hydroxyl groups is 5. The first kappa shape index (κ1) is 68.2. The molecule has 1 aliphatic rings. The molecule has 1 heterocycles. The Morgan fingerprint density at radius 2 is 0.704 bits per heavy atom. The zero-order chi connectivity index (χ0) is 51.5. The lowest BCUT2D eigenvalue weighted by atomic mass is 9.99. The van der Waals surface area contributed by atoms with Gasteiger partial charge in [-0.15, -0.1) is 0 Å². The maximum absolute atomic E-state index is 13.1. The third-order valence-corrected chi connectivity index (χ3v) is 15.7. The highest BCUT2D eigenvalue weighted by atomic mass is 16.7. The molecule has 7 unspecified atom stereocenters. The molecule has 0 spiro atoms. The van der Waals surface area contributed by atoms with Gasteiger partial charge < -0.3 is 40.3 Å². The van der Waals surface area contributed by atoms with Crippen LogP contribution in [0.15, 0.2) is 0 Å². The van der Waals surface area contributed by atoms with E-state index in [1.165, 1.54) is 270 Å². The summed E-state index contributed by atoms with van der Waals surface area (Å²) in [5.74, 6) is -0.134. The van der Waals surface area contributed by atoms with Gasteiger partial charge in [0, 0.05) is 6.42 Å². The van der Waals surface area contributed by atoms with Gasteiger partial charge in [-0.05, 0) is 12.8 Å². The number of carbonyl (C=O) groups is 1. The number of rotatable bonds is 56. The van der Waals surface area contributed by atoms with Crippen molar-refractivity contribution >= 4 is 5.91 Å². The molecule has 424 valence electrons. The molecule has 1 aliphatic heterocycles. The van der Waals surface area contributed by atoms with Crippen LogP contribution in [0.2, 0.25) is 0 Å². The van der Waals surface area contributed by atoms with Crippen molar-refractivity contribution in [3.8, 4) is 0 Å². The Labute approximate surface area is 440 Å². The topological polar surface area (TPSA) is 149 Å². The average Bonchev–Trinajstić information content (AvgIpc) is 3.37. The van der Waals surface area contributed by atoms with Crippen molar-refractivity contribution in [3.05, 3.63) is 0 Å². The number of nitrogens with one attached hydrogen (secondary N) is 1. The first-order chi connectivity index (χ1) is 34.8. The fraction of sp³-hybridized carbons (Fsp3) is 0.984. The predicted octanol–water partition coefficient (Wildman–Crippen LogP) is 16.2. The van der Waals surface area contributed by atoms with Crippen LogP contribution < -0.4 is 5.32 Å². The Balaban J connectivity index is 2.15. The van der Waals surface area contributed by atoms with Crippen molar-refractivity contribution in [2.75, 3.05) is 13.2 Å². The van der Waals surface area contributed by atoms with Gasteiger partial charge in [0.25, 0.3) is 0 Å². The Hall–Kier alpha value is -0.810. The average molecular weight is 1010 g/mol. The van der Waals surface area contributed by atoms with Crippen LogP contribution >= 0.6 is 0 Å². The summed E-state index contributed by atoms with van der Waals surface area (Å²) in [6.45, 7) is 3.90. The fourth-order valence-electron chi connectivity index (χ4n) is 10.7. The third-order valence-electron chi connectivity index (χ3n) is 15.7. The summed E-state index contributed by atoms with van der Waals surface area (Å²) < 4.78 is 11.4. The van der Waals surface area contributed by atoms with Crippen LogP contribution in [0.3, 0.4) is 0 Å². The molecule has 7 atom stereocenters. The molecule has 0 aromatic rings. The third kappa shape index (κ3) is 42.0. The summed E-state index contributed by atoms with van der Waals surface area (Å²) in [6.07, 6.45) is 57.2. The Bertz CT molecular complexity index is 1080. The highest BCUT2D eigenvalue weighted by Gasteiger charge is 2.44. The summed E-state index contributed by atoms with van der Waals surface area (Å²) in [4.78, 5) is 13.1. The van der Waals surface area contributed by atoms with E-state index in [-0.39, 0.29) is 12.5 Å². The van der Waals surface area contributed by atoms with E-state index in [1.807, 2.05) is 0 Å². The minimum Gasteiger partial charge on any atom is -0.394 e. The normalized spacial score (nSPS) is 19.1. The van der Waals surface area contributed by atoms with Crippen molar-refractivity contribution in [3.63, 3.8) is 0 Å². The quantitative estimate of drug-likeness (QED) is 0.0330. The van der Waals surface area contributed by atoms with Crippen LogP contribution in [0.4, 0.5) is 0 Å². The number of aliphatic hydroxyl groups excluding tert-OH is 5. The van der Waals surface area contributed by atoms with Crippen molar-refractivity contribution in [1.82, 2.24) is 5.32 Å². The molecule has 6 N–H and O–H groups in total. The van der Waals surface area contributed by atoms with Crippen molar-refractivity contribution < 1.29 is 39.8 Å². The molecule has 1 rings (SSSR count). The van der Waals surface area contributed by atoms with E-state index in [1.54, 1.807) is 0 Å². The second-order valence-corrected chi connectivity index (χ2v) is 22.6. The summed E-state index contributed by atoms with van der Waals surface area (Å²) >= 11 is 0. The maximum Gasteiger partial charge on any atom is 0.220 e. The number of ether oxygens (including phenoxy) is 2. The highest BCUT2D eigenvalue weighted by Crippen LogP contribution is 2.24. The lowest BCUT2D eigenvalue weighted by Gasteiger charge is -2.40. The zero-order valence-corrected chi connectivity index (χ0v) is 47.3. The standard InChI is InChI=1S/C62H123NO8/c1-3-5-7-9-11-13-15-17-19-21-23-25-27-29-31-33-35-37-39-41-43-45-47-49-51-56(65)55(54-70-62-61(69)60(68)59(67)57(53-64)71-62)63-58(66)52-50-48-46-44-42-40-38-36-34-32-30-28-26-24-22-20-18-16-14-12-10-8-6-4-2/h55-57,59-62,64-65,67-69H,3-54H2,1-2H3,(H,63,66). The second-order valence-electron chi connectivity index (χ2n) is 22.6. The molecule has 9 nitrogen and oxygen atoms in total. The van der Waals surface area contributed by atoms with Gasteiger partial charge >= 0.3 is 0 Å². The largest absolute Gasteiger partial charge is 0.394 e. The molecular weight excluding hydrogens is 887 g/mol. The molecule has 1 saturated heterocycles. The molecule has 1 amide bonds. The predicted molar refractivity (Wildman–Crippen MR) is 300 cm³/mol. The van der Waals surface area contributed by atoms with Crippen LogP contribution in [-0.2, 0) is 14.3 Å². The van der Waals surface area contributed by atoms with Crippen molar-refractivity contribution in [1.29, 1.82) is 0 Å². The van der Waals surface area contributed by atoms with Gasteiger partial charge in [-0.1, -0.05) is 316 Å². The summed E-state index contributed by atoms with van der Waals surface area (Å²) in [6, 6.07) is -0.714. The lowest BCUT2D eigenvalue weighted by Crippen LogP contribution is -2.60. The first-order valence-electron chi connectivity index (χ1n) is 31.7. The van der Waals surface area contributed by atoms with Gasteiger partial charge in [0.2, 0.25) is 5.91 Å². The summed E-state index contributed by atoms with van der Waals surface area (Å²) in [7, 11) is 0. The van der Waals surface area contributed by atoms with Crippen molar-refractivity contribution in [2.45, 2.75) is 378 Å². The van der Waals surface area contributed by atoms with Gasteiger partial charge in [0.1, 0.15) is 24.4 Å². The Morgan fingerprint density at radius 3 is 1.00 bits per heavy atom. The maximum atomic E-state index is 13.1. The van der Waals surface area contributed by atoms with Crippen LogP contribution in [-0.4, -0.2) is 87.5 Å². The lowest BCUT2D eigenvalue weighted by molar-refractivity contribution is -0.302. The van der Waals surface area contributed by atoms with E-state index in [0.29, 0.717) is 12.8 Å². The van der Waals surface area contributed by atoms with E-state index >= 15 is 0 Å². The first-order valence-corrected chi connectivity index (χ1v) is 31.7. The number of hydrogen-bond donors (Lipinski definition) is 6. The van der Waals surface area contributed by atoms with Crippen LogP contribution in [0.5, 0.6) is 0 Å². The molecule has 0 saturated carbocycles. The molecule has 9 heteroatoms. The molecule has 0 aromatic carbocycles. The second kappa shape index (κ2) is 52.6. The Morgan fingerprint density at radius 1 is 0.423 bits per heavy atom. The fourth-order valence-corrected chi connectivity index (χ4v) is 10.7. The Kier molecular flexibility index (Phi) is 50.6. The number of carbonyl (C=O) groups excluding carboxylic acids is 1. The SMILES string of the molecule is CCCCCCCCCCCCCCCCCCCCCCCCCCC(=O)NC(COC1OC(CO)C(O)C(O)C1O)C(O)CCCCCCCCCCCCCCCCCCCCCCCCCC. The number of amides is 1. The van der Waals surface area contributed by atoms with Gasteiger partial charge in [0.15, 0.2) is 6.29 Å². The number of unbranched alkanes of at least 4 members (excludes halogenated alkanes) is 46. The monoisotopic (exact) mass is 1010 g/mol. The van der Waals surface area contributed by atoms with E-state index in [4.69, 9.17) is 9.47 Å². The van der Waals surface area contributed by atoms with Gasteiger partial charge in [-0.2, -0.15) is 0 Å². The van der Waals surface area contributed by atoms with E-state index < -0.39 is 49.5 Å². The minimum absolute atomic E-state index is 0.131. The van der Waals surface area contributed by atoms with Gasteiger partial charge in [-0.3, -0.25) is 4.79 Å². The molecule has 0 bridgehead atoms. The minimum atomic E-state index is -1.55. The summed E-state index contributed by atoms with van der Waals surface area (Å²) in [5.41, 5.74) is 0. The molecule has 0 aromatic heterocycles. The van der Waals surface area contributed by atoms with E-state index in [0.717, 1.165) is 38.5 Å². The zero-order valence-electron chi connectivity index (χ0n) is 47.3. The molecule has 71 heavy (non-hydrogen) atoms.